The van der Waals surface area contributed by atoms with E-state index in [0.717, 1.165) is 6.42 Å². The molecular weight excluding hydrogens is 271 g/mol. The van der Waals surface area contributed by atoms with Crippen LogP contribution in [0.4, 0.5) is 4.39 Å². The summed E-state index contributed by atoms with van der Waals surface area (Å²) in [4.78, 5) is 12.0. The maximum atomic E-state index is 13.0. The molecular formula is C13H14ClFN2O2. The second-order valence-corrected chi connectivity index (χ2v) is 5.40. The van der Waals surface area contributed by atoms with Gasteiger partial charge < -0.3 is 15.8 Å². The number of carbonyl (C=O) groups is 1. The predicted octanol–water partition coefficient (Wildman–Crippen LogP) is 1.32. The smallest absolute Gasteiger partial charge is 0.251 e. The topological polar surface area (TPSA) is 64.3 Å². The van der Waals surface area contributed by atoms with Gasteiger partial charge in [0.2, 0.25) is 0 Å². The lowest BCUT2D eigenvalue weighted by molar-refractivity contribution is -0.0161. The van der Waals surface area contributed by atoms with Crippen LogP contribution in [0.15, 0.2) is 18.2 Å². The lowest BCUT2D eigenvalue weighted by atomic mass is 9.72. The fraction of sp³-hybridized carbons (Fsp3) is 0.462. The maximum Gasteiger partial charge on any atom is 0.251 e. The minimum Gasteiger partial charge on any atom is -0.376 e. The van der Waals surface area contributed by atoms with E-state index in [9.17, 15) is 9.18 Å². The fourth-order valence-electron chi connectivity index (χ4n) is 2.80. The van der Waals surface area contributed by atoms with Crippen molar-refractivity contribution in [2.24, 2.45) is 11.7 Å². The molecule has 3 rings (SSSR count). The van der Waals surface area contributed by atoms with Gasteiger partial charge in [0.1, 0.15) is 5.82 Å². The van der Waals surface area contributed by atoms with E-state index in [0.29, 0.717) is 18.1 Å². The molecule has 6 heteroatoms. The largest absolute Gasteiger partial charge is 0.376 e. The molecule has 1 aliphatic carbocycles. The highest BCUT2D eigenvalue weighted by Gasteiger charge is 2.52. The number of nitrogens with two attached hydrogens (primary N) is 1. The Hall–Kier alpha value is -1.17. The molecule has 1 aromatic carbocycles. The molecule has 0 bridgehead atoms. The number of benzene rings is 1. The molecule has 102 valence electrons. The first-order valence-electron chi connectivity index (χ1n) is 6.21. The van der Waals surface area contributed by atoms with E-state index in [4.69, 9.17) is 22.1 Å². The van der Waals surface area contributed by atoms with Crippen molar-refractivity contribution in [2.45, 2.75) is 24.6 Å². The Morgan fingerprint density at radius 2 is 2.32 bits per heavy atom. The number of hydrogen-bond donors (Lipinski definition) is 2. The minimum atomic E-state index is -0.544. The number of fused-ring (bicyclic) bond motifs is 1. The Balaban J connectivity index is 1.70. The first kappa shape index (κ1) is 12.8. The average Bonchev–Trinajstić information content (AvgIpc) is 2.83. The molecule has 0 spiro atoms. The number of carbonyl (C=O) groups excluding carboxylic acids is 1. The van der Waals surface area contributed by atoms with E-state index in [1.54, 1.807) is 0 Å². The van der Waals surface area contributed by atoms with Crippen molar-refractivity contribution in [1.82, 2.24) is 5.32 Å². The number of nitrogens with one attached hydrogen (secondary N) is 1. The van der Waals surface area contributed by atoms with E-state index >= 15 is 0 Å². The number of hydrogen-bond acceptors (Lipinski definition) is 3. The first-order chi connectivity index (χ1) is 9.08. The normalized spacial score (nSPS) is 32.6. The highest BCUT2D eigenvalue weighted by atomic mass is 35.5. The molecule has 3 N–H and O–H groups in total. The predicted molar refractivity (Wildman–Crippen MR) is 68.5 cm³/mol. The zero-order chi connectivity index (χ0) is 13.6. The summed E-state index contributed by atoms with van der Waals surface area (Å²) >= 11 is 5.66. The molecule has 1 saturated carbocycles. The summed E-state index contributed by atoms with van der Waals surface area (Å²) in [7, 11) is 0. The van der Waals surface area contributed by atoms with E-state index < -0.39 is 5.82 Å². The van der Waals surface area contributed by atoms with Crippen LogP contribution in [0.5, 0.6) is 0 Å². The van der Waals surface area contributed by atoms with Gasteiger partial charge in [0, 0.05) is 24.1 Å². The van der Waals surface area contributed by atoms with Crippen LogP contribution in [0.2, 0.25) is 5.02 Å². The van der Waals surface area contributed by atoms with Crippen molar-refractivity contribution in [3.8, 4) is 0 Å². The Labute approximate surface area is 115 Å². The van der Waals surface area contributed by atoms with Crippen molar-refractivity contribution in [2.75, 3.05) is 6.61 Å². The Morgan fingerprint density at radius 3 is 3.05 bits per heavy atom. The van der Waals surface area contributed by atoms with Crippen LogP contribution in [0.3, 0.4) is 0 Å². The lowest BCUT2D eigenvalue weighted by Crippen LogP contribution is -2.68. The quantitative estimate of drug-likeness (QED) is 0.861. The molecule has 1 saturated heterocycles. The molecule has 1 aliphatic heterocycles. The summed E-state index contributed by atoms with van der Waals surface area (Å²) < 4.78 is 18.6. The summed E-state index contributed by atoms with van der Waals surface area (Å²) in [6.45, 7) is 0.692. The van der Waals surface area contributed by atoms with Crippen molar-refractivity contribution < 1.29 is 13.9 Å². The standard InChI is InChI=1S/C13H14ClFN2O2/c14-8-5-6(1-2-9(8)15)13(18)17-11-10(16)7-3-4-19-12(7)11/h1-2,5,7,10-12H,3-4,16H2,(H,17,18). The van der Waals surface area contributed by atoms with Gasteiger partial charge in [-0.25, -0.2) is 4.39 Å². The fourth-order valence-corrected chi connectivity index (χ4v) is 2.98. The monoisotopic (exact) mass is 284 g/mol. The Bertz CT molecular complexity index is 525. The van der Waals surface area contributed by atoms with Crippen LogP contribution in [0, 0.1) is 11.7 Å². The first-order valence-corrected chi connectivity index (χ1v) is 6.59. The third kappa shape index (κ3) is 2.12. The Morgan fingerprint density at radius 1 is 1.53 bits per heavy atom. The molecule has 4 unspecified atom stereocenters. The van der Waals surface area contributed by atoms with Gasteiger partial charge >= 0.3 is 0 Å². The average molecular weight is 285 g/mol. The van der Waals surface area contributed by atoms with Gasteiger partial charge in [0.15, 0.2) is 0 Å². The van der Waals surface area contributed by atoms with Gasteiger partial charge in [-0.15, -0.1) is 0 Å². The molecule has 1 heterocycles. The van der Waals surface area contributed by atoms with Crippen molar-refractivity contribution in [3.63, 3.8) is 0 Å². The molecule has 19 heavy (non-hydrogen) atoms. The third-order valence-electron chi connectivity index (χ3n) is 3.93. The van der Waals surface area contributed by atoms with Gasteiger partial charge in [-0.2, -0.15) is 0 Å². The molecule has 4 nitrogen and oxygen atoms in total. The zero-order valence-corrected chi connectivity index (χ0v) is 10.9. The van der Waals surface area contributed by atoms with Crippen LogP contribution < -0.4 is 11.1 Å². The van der Waals surface area contributed by atoms with Gasteiger partial charge in [0.05, 0.1) is 17.2 Å². The SMILES string of the molecule is NC1C2CCOC2C1NC(=O)c1ccc(F)c(Cl)c1. The molecule has 4 atom stereocenters. The minimum absolute atomic E-state index is 0.00914. The second-order valence-electron chi connectivity index (χ2n) is 4.99. The molecule has 1 amide bonds. The number of rotatable bonds is 2. The molecule has 0 radical (unpaired) electrons. The summed E-state index contributed by atoms with van der Waals surface area (Å²) in [5.41, 5.74) is 6.33. The van der Waals surface area contributed by atoms with E-state index in [1.807, 2.05) is 0 Å². The number of ether oxygens (including phenoxy) is 1. The van der Waals surface area contributed by atoms with E-state index in [-0.39, 0.29) is 29.1 Å². The third-order valence-corrected chi connectivity index (χ3v) is 4.22. The maximum absolute atomic E-state index is 13.0. The number of halogens is 2. The highest BCUT2D eigenvalue weighted by Crippen LogP contribution is 2.37. The number of amides is 1. The zero-order valence-electron chi connectivity index (χ0n) is 10.1. The summed E-state index contributed by atoms with van der Waals surface area (Å²) in [6.07, 6.45) is 0.954. The van der Waals surface area contributed by atoms with Crippen LogP contribution in [0.1, 0.15) is 16.8 Å². The van der Waals surface area contributed by atoms with E-state index in [2.05, 4.69) is 5.32 Å². The van der Waals surface area contributed by atoms with Crippen LogP contribution >= 0.6 is 11.6 Å². The van der Waals surface area contributed by atoms with Gasteiger partial charge in [-0.3, -0.25) is 4.79 Å². The second kappa shape index (κ2) is 4.74. The molecule has 2 aliphatic rings. The van der Waals surface area contributed by atoms with Gasteiger partial charge in [-0.1, -0.05) is 11.6 Å². The van der Waals surface area contributed by atoms with Crippen molar-refractivity contribution in [1.29, 1.82) is 0 Å². The summed E-state index contributed by atoms with van der Waals surface area (Å²) in [5, 5.41) is 2.76. The van der Waals surface area contributed by atoms with Crippen LogP contribution in [-0.2, 0) is 4.74 Å². The summed E-state index contributed by atoms with van der Waals surface area (Å²) in [6, 6.07) is 3.63. The Kier molecular flexibility index (Phi) is 3.20. The van der Waals surface area contributed by atoms with Crippen LogP contribution in [-0.4, -0.2) is 30.7 Å². The van der Waals surface area contributed by atoms with Gasteiger partial charge in [-0.05, 0) is 24.6 Å². The highest BCUT2D eigenvalue weighted by molar-refractivity contribution is 6.31. The molecule has 1 aromatic rings. The molecule has 2 fully saturated rings. The lowest BCUT2D eigenvalue weighted by Gasteiger charge is -2.45. The van der Waals surface area contributed by atoms with Crippen LogP contribution in [0.25, 0.3) is 0 Å². The van der Waals surface area contributed by atoms with Crippen molar-refractivity contribution >= 4 is 17.5 Å². The summed E-state index contributed by atoms with van der Waals surface area (Å²) in [5.74, 6) is -0.517. The van der Waals surface area contributed by atoms with E-state index in [1.165, 1.54) is 18.2 Å². The molecule has 0 aromatic heterocycles. The van der Waals surface area contributed by atoms with Gasteiger partial charge in [0.25, 0.3) is 5.91 Å². The van der Waals surface area contributed by atoms with Crippen molar-refractivity contribution in [3.05, 3.63) is 34.6 Å².